The minimum Gasteiger partial charge on any atom is -0.333 e. The summed E-state index contributed by atoms with van der Waals surface area (Å²) < 4.78 is 0. The minimum atomic E-state index is 0.200. The third-order valence-corrected chi connectivity index (χ3v) is 4.07. The molecule has 3 heteroatoms. The largest absolute Gasteiger partial charge is 0.333 e. The molecule has 1 aromatic rings. The molecular formula is C14H18N2O. The summed E-state index contributed by atoms with van der Waals surface area (Å²) in [4.78, 5) is 16.8. The lowest BCUT2D eigenvalue weighted by Crippen LogP contribution is -2.47. The van der Waals surface area contributed by atoms with Crippen LogP contribution in [0.2, 0.25) is 0 Å². The van der Waals surface area contributed by atoms with E-state index >= 15 is 0 Å². The van der Waals surface area contributed by atoms with Crippen molar-refractivity contribution in [3.8, 4) is 0 Å². The maximum absolute atomic E-state index is 12.4. The lowest BCUT2D eigenvalue weighted by Gasteiger charge is -2.32. The van der Waals surface area contributed by atoms with E-state index < -0.39 is 0 Å². The molecule has 2 heterocycles. The highest BCUT2D eigenvalue weighted by Gasteiger charge is 2.43. The first-order chi connectivity index (χ1) is 8.15. The highest BCUT2D eigenvalue weighted by atomic mass is 16.2. The molecule has 2 unspecified atom stereocenters. The normalized spacial score (nSPS) is 27.8. The number of piperazine rings is 1. The van der Waals surface area contributed by atoms with Crippen LogP contribution in [0.15, 0.2) is 24.3 Å². The van der Waals surface area contributed by atoms with E-state index in [4.69, 9.17) is 0 Å². The molecule has 0 aromatic heterocycles. The van der Waals surface area contributed by atoms with Crippen LogP contribution in [0, 0.1) is 6.92 Å². The smallest absolute Gasteiger partial charge is 0.254 e. The van der Waals surface area contributed by atoms with Crippen molar-refractivity contribution in [3.63, 3.8) is 0 Å². The van der Waals surface area contributed by atoms with Gasteiger partial charge in [-0.1, -0.05) is 17.7 Å². The van der Waals surface area contributed by atoms with E-state index in [0.29, 0.717) is 12.1 Å². The predicted octanol–water partition coefficient (Wildman–Crippen LogP) is 1.52. The quantitative estimate of drug-likeness (QED) is 0.730. The fourth-order valence-electron chi connectivity index (χ4n) is 2.98. The van der Waals surface area contributed by atoms with Gasteiger partial charge in [0.1, 0.15) is 0 Å². The lowest BCUT2D eigenvalue weighted by atomic mass is 10.1. The summed E-state index contributed by atoms with van der Waals surface area (Å²) in [5.74, 6) is 0.200. The number of likely N-dealkylation sites (tertiary alicyclic amines) is 2. The second-order valence-electron chi connectivity index (χ2n) is 5.31. The number of carbonyl (C=O) groups is 1. The van der Waals surface area contributed by atoms with Gasteiger partial charge in [0, 0.05) is 30.7 Å². The molecule has 3 rings (SSSR count). The molecule has 17 heavy (non-hydrogen) atoms. The van der Waals surface area contributed by atoms with Crippen molar-refractivity contribution >= 4 is 5.91 Å². The zero-order valence-corrected chi connectivity index (χ0v) is 10.4. The highest BCUT2D eigenvalue weighted by Crippen LogP contribution is 2.30. The molecule has 2 saturated heterocycles. The van der Waals surface area contributed by atoms with Gasteiger partial charge in [-0.3, -0.25) is 9.69 Å². The second-order valence-corrected chi connectivity index (χ2v) is 5.31. The Kier molecular flexibility index (Phi) is 2.44. The number of likely N-dealkylation sites (N-methyl/N-ethyl adjacent to an activating group) is 1. The average molecular weight is 230 g/mol. The van der Waals surface area contributed by atoms with Gasteiger partial charge in [-0.25, -0.2) is 0 Å². The number of fused-ring (bicyclic) bond motifs is 2. The molecule has 1 aromatic carbocycles. The van der Waals surface area contributed by atoms with Crippen molar-refractivity contribution in [1.82, 2.24) is 9.80 Å². The topological polar surface area (TPSA) is 23.6 Å². The third-order valence-electron chi connectivity index (χ3n) is 4.07. The van der Waals surface area contributed by atoms with Gasteiger partial charge < -0.3 is 4.90 Å². The average Bonchev–Trinajstić information content (AvgIpc) is 2.87. The fraction of sp³-hybridized carbons (Fsp3) is 0.500. The molecular weight excluding hydrogens is 212 g/mol. The monoisotopic (exact) mass is 230 g/mol. The fourth-order valence-corrected chi connectivity index (χ4v) is 2.98. The van der Waals surface area contributed by atoms with Crippen molar-refractivity contribution in [2.45, 2.75) is 25.4 Å². The molecule has 3 nitrogen and oxygen atoms in total. The van der Waals surface area contributed by atoms with Crippen molar-refractivity contribution < 1.29 is 4.79 Å². The van der Waals surface area contributed by atoms with Gasteiger partial charge in [-0.2, -0.15) is 0 Å². The number of aryl methyl sites for hydroxylation is 1. The number of hydrogen-bond acceptors (Lipinski definition) is 2. The number of benzene rings is 1. The van der Waals surface area contributed by atoms with Crippen molar-refractivity contribution in [1.29, 1.82) is 0 Å². The molecule has 0 saturated carbocycles. The molecule has 1 amide bonds. The molecule has 2 aliphatic rings. The van der Waals surface area contributed by atoms with Crippen molar-refractivity contribution in [2.24, 2.45) is 0 Å². The van der Waals surface area contributed by atoms with Crippen LogP contribution in [0.4, 0.5) is 0 Å². The van der Waals surface area contributed by atoms with E-state index in [1.807, 2.05) is 31.2 Å². The van der Waals surface area contributed by atoms with E-state index in [1.54, 1.807) is 0 Å². The van der Waals surface area contributed by atoms with Crippen LogP contribution >= 0.6 is 0 Å². The summed E-state index contributed by atoms with van der Waals surface area (Å²) in [6, 6.07) is 8.90. The first-order valence-electron chi connectivity index (χ1n) is 6.23. The first kappa shape index (κ1) is 10.8. The number of nitrogens with zero attached hydrogens (tertiary/aromatic N) is 2. The Morgan fingerprint density at radius 3 is 2.41 bits per heavy atom. The van der Waals surface area contributed by atoms with E-state index in [2.05, 4.69) is 16.8 Å². The summed E-state index contributed by atoms with van der Waals surface area (Å²) in [5.41, 5.74) is 2.02. The molecule has 2 fully saturated rings. The summed E-state index contributed by atoms with van der Waals surface area (Å²) in [7, 11) is 2.15. The van der Waals surface area contributed by atoms with E-state index in [-0.39, 0.29) is 5.91 Å². The van der Waals surface area contributed by atoms with Crippen LogP contribution < -0.4 is 0 Å². The Morgan fingerprint density at radius 1 is 1.18 bits per heavy atom. The SMILES string of the molecule is Cc1ccc(C(=O)N2CC3CC2CN3C)cc1. The number of hydrogen-bond donors (Lipinski definition) is 0. The maximum atomic E-state index is 12.4. The van der Waals surface area contributed by atoms with Gasteiger partial charge in [-0.05, 0) is 32.5 Å². The molecule has 2 bridgehead atoms. The second kappa shape index (κ2) is 3.84. The van der Waals surface area contributed by atoms with Gasteiger partial charge in [0.2, 0.25) is 0 Å². The van der Waals surface area contributed by atoms with Crippen LogP contribution in [0.3, 0.4) is 0 Å². The van der Waals surface area contributed by atoms with Gasteiger partial charge >= 0.3 is 0 Å². The van der Waals surface area contributed by atoms with Gasteiger partial charge in [0.05, 0.1) is 0 Å². The summed E-state index contributed by atoms with van der Waals surface area (Å²) >= 11 is 0. The van der Waals surface area contributed by atoms with Gasteiger partial charge in [0.15, 0.2) is 0 Å². The number of amides is 1. The van der Waals surface area contributed by atoms with E-state index in [0.717, 1.165) is 25.1 Å². The molecule has 90 valence electrons. The van der Waals surface area contributed by atoms with Crippen LogP contribution in [0.1, 0.15) is 22.3 Å². The van der Waals surface area contributed by atoms with Crippen molar-refractivity contribution in [3.05, 3.63) is 35.4 Å². The molecule has 0 N–H and O–H groups in total. The minimum absolute atomic E-state index is 0.200. The molecule has 2 aliphatic heterocycles. The molecule has 0 radical (unpaired) electrons. The molecule has 0 aliphatic carbocycles. The standard InChI is InChI=1S/C14H18N2O/c1-10-3-5-11(6-4-10)14(17)16-9-12-7-13(16)8-15(12)2/h3-6,12-13H,7-9H2,1-2H3. The Labute approximate surface area is 102 Å². The third kappa shape index (κ3) is 1.75. The van der Waals surface area contributed by atoms with E-state index in [1.165, 1.54) is 5.56 Å². The molecule has 2 atom stereocenters. The summed E-state index contributed by atoms with van der Waals surface area (Å²) in [5, 5.41) is 0. The predicted molar refractivity (Wildman–Crippen MR) is 67.0 cm³/mol. The lowest BCUT2D eigenvalue weighted by molar-refractivity contribution is 0.0650. The highest BCUT2D eigenvalue weighted by molar-refractivity contribution is 5.94. The van der Waals surface area contributed by atoms with Crippen LogP contribution in [-0.2, 0) is 0 Å². The Balaban J connectivity index is 1.78. The maximum Gasteiger partial charge on any atom is 0.254 e. The number of carbonyl (C=O) groups excluding carboxylic acids is 1. The van der Waals surface area contributed by atoms with E-state index in [9.17, 15) is 4.79 Å². The Hall–Kier alpha value is -1.35. The van der Waals surface area contributed by atoms with Crippen LogP contribution in [-0.4, -0.2) is 47.9 Å². The first-order valence-corrected chi connectivity index (χ1v) is 6.23. The van der Waals surface area contributed by atoms with Crippen LogP contribution in [0.5, 0.6) is 0 Å². The van der Waals surface area contributed by atoms with Crippen LogP contribution in [0.25, 0.3) is 0 Å². The Morgan fingerprint density at radius 2 is 1.88 bits per heavy atom. The molecule has 0 spiro atoms. The summed E-state index contributed by atoms with van der Waals surface area (Å²) in [6.45, 7) is 3.97. The van der Waals surface area contributed by atoms with Crippen molar-refractivity contribution in [2.75, 3.05) is 20.1 Å². The van der Waals surface area contributed by atoms with Gasteiger partial charge in [0.25, 0.3) is 5.91 Å². The summed E-state index contributed by atoms with van der Waals surface area (Å²) in [6.07, 6.45) is 1.15. The Bertz CT molecular complexity index is 438. The number of rotatable bonds is 1. The van der Waals surface area contributed by atoms with Gasteiger partial charge in [-0.15, -0.1) is 0 Å². The zero-order chi connectivity index (χ0) is 12.0. The zero-order valence-electron chi connectivity index (χ0n) is 10.4.